The quantitative estimate of drug-likeness (QED) is 0.589. The van der Waals surface area contributed by atoms with Crippen molar-refractivity contribution >= 4 is 21.6 Å². The van der Waals surface area contributed by atoms with Gasteiger partial charge in [0.2, 0.25) is 27.6 Å². The summed E-state index contributed by atoms with van der Waals surface area (Å²) in [6.45, 7) is 3.62. The van der Waals surface area contributed by atoms with E-state index in [1.54, 1.807) is 29.2 Å². The number of anilines is 1. The zero-order valence-corrected chi connectivity index (χ0v) is 18.6. The third kappa shape index (κ3) is 3.82. The summed E-state index contributed by atoms with van der Waals surface area (Å²) < 4.78 is 32.4. The van der Waals surface area contributed by atoms with Crippen molar-refractivity contribution in [1.82, 2.24) is 14.4 Å². The standard InChI is InChI=1S/C23H24N4O4S/c1-16-4-8-19(9-5-16)27-15-18(14-21(27)28)23-24-22(25-31-23)17-6-10-20(11-7-17)32(29,30)26-12-2-3-13-26/h4-11,18H,2-3,12-15H2,1H3/t18-/m1/s1. The van der Waals surface area contributed by atoms with Crippen LogP contribution in [0.1, 0.15) is 36.6 Å². The first-order valence-electron chi connectivity index (χ1n) is 10.7. The van der Waals surface area contributed by atoms with Crippen molar-refractivity contribution in [3.63, 3.8) is 0 Å². The SMILES string of the molecule is Cc1ccc(N2C[C@H](c3nc(-c4ccc(S(=O)(=O)N5CCCC5)cc4)no3)CC2=O)cc1. The summed E-state index contributed by atoms with van der Waals surface area (Å²) in [4.78, 5) is 19.0. The van der Waals surface area contributed by atoms with Crippen molar-refractivity contribution in [2.45, 2.75) is 37.0 Å². The van der Waals surface area contributed by atoms with Gasteiger partial charge in [0, 0.05) is 37.3 Å². The molecule has 2 saturated heterocycles. The van der Waals surface area contributed by atoms with E-state index in [9.17, 15) is 13.2 Å². The van der Waals surface area contributed by atoms with Gasteiger partial charge in [-0.25, -0.2) is 8.42 Å². The first-order valence-corrected chi connectivity index (χ1v) is 12.2. The molecule has 1 amide bonds. The molecule has 0 spiro atoms. The van der Waals surface area contributed by atoms with Crippen molar-refractivity contribution in [2.75, 3.05) is 24.5 Å². The maximum atomic E-state index is 12.7. The monoisotopic (exact) mass is 452 g/mol. The Kier molecular flexibility index (Phi) is 5.30. The predicted octanol–water partition coefficient (Wildman–Crippen LogP) is 3.35. The van der Waals surface area contributed by atoms with E-state index in [2.05, 4.69) is 10.1 Å². The van der Waals surface area contributed by atoms with Crippen molar-refractivity contribution < 1.29 is 17.7 Å². The highest BCUT2D eigenvalue weighted by Gasteiger charge is 2.35. The lowest BCUT2D eigenvalue weighted by atomic mass is 10.1. The lowest BCUT2D eigenvalue weighted by molar-refractivity contribution is -0.117. The average Bonchev–Trinajstić information content (AvgIpc) is 3.55. The number of benzene rings is 2. The van der Waals surface area contributed by atoms with E-state index in [1.165, 1.54) is 4.31 Å². The molecule has 0 saturated carbocycles. The van der Waals surface area contributed by atoms with Crippen LogP contribution in [0, 0.1) is 6.92 Å². The fourth-order valence-corrected chi connectivity index (χ4v) is 5.74. The molecule has 9 heteroatoms. The van der Waals surface area contributed by atoms with Crippen LogP contribution in [-0.4, -0.2) is 48.4 Å². The minimum Gasteiger partial charge on any atom is -0.339 e. The summed E-state index contributed by atoms with van der Waals surface area (Å²) in [6, 6.07) is 14.4. The van der Waals surface area contributed by atoms with Crippen LogP contribution in [0.4, 0.5) is 5.69 Å². The number of aromatic nitrogens is 2. The molecule has 3 aromatic rings. The van der Waals surface area contributed by atoms with Gasteiger partial charge in [-0.2, -0.15) is 9.29 Å². The molecule has 0 aliphatic carbocycles. The Labute approximate surface area is 186 Å². The van der Waals surface area contributed by atoms with Crippen LogP contribution >= 0.6 is 0 Å². The van der Waals surface area contributed by atoms with Gasteiger partial charge >= 0.3 is 0 Å². The van der Waals surface area contributed by atoms with Crippen LogP contribution < -0.4 is 4.90 Å². The topological polar surface area (TPSA) is 96.6 Å². The van der Waals surface area contributed by atoms with Gasteiger partial charge in [0.25, 0.3) is 0 Å². The summed E-state index contributed by atoms with van der Waals surface area (Å²) in [6.07, 6.45) is 2.10. The number of rotatable bonds is 5. The van der Waals surface area contributed by atoms with Gasteiger partial charge in [0.15, 0.2) is 0 Å². The van der Waals surface area contributed by atoms with Gasteiger partial charge in [-0.05, 0) is 56.2 Å². The molecule has 2 aliphatic heterocycles. The van der Waals surface area contributed by atoms with Crippen LogP contribution in [0.5, 0.6) is 0 Å². The van der Waals surface area contributed by atoms with Crippen molar-refractivity contribution in [3.8, 4) is 11.4 Å². The number of amides is 1. The Bertz CT molecular complexity index is 1230. The third-order valence-electron chi connectivity index (χ3n) is 6.08. The zero-order valence-electron chi connectivity index (χ0n) is 17.8. The summed E-state index contributed by atoms with van der Waals surface area (Å²) in [7, 11) is -3.46. The van der Waals surface area contributed by atoms with E-state index in [4.69, 9.17) is 4.52 Å². The van der Waals surface area contributed by atoms with Gasteiger partial charge < -0.3 is 9.42 Å². The second kappa shape index (κ2) is 8.14. The largest absolute Gasteiger partial charge is 0.339 e. The number of carbonyl (C=O) groups excluding carboxylic acids is 1. The molecule has 0 unspecified atom stereocenters. The molecule has 2 fully saturated rings. The molecule has 1 atom stereocenters. The molecule has 0 radical (unpaired) electrons. The van der Waals surface area contributed by atoms with Gasteiger partial charge in [0.1, 0.15) is 0 Å². The van der Waals surface area contributed by atoms with Gasteiger partial charge in [-0.1, -0.05) is 22.9 Å². The van der Waals surface area contributed by atoms with Crippen molar-refractivity contribution in [2.24, 2.45) is 0 Å². The van der Waals surface area contributed by atoms with Crippen LogP contribution in [-0.2, 0) is 14.8 Å². The minimum absolute atomic E-state index is 0.0232. The molecule has 32 heavy (non-hydrogen) atoms. The van der Waals surface area contributed by atoms with E-state index in [0.717, 1.165) is 24.1 Å². The number of nitrogens with zero attached hydrogens (tertiary/aromatic N) is 4. The Morgan fingerprint density at radius 3 is 2.38 bits per heavy atom. The second-order valence-electron chi connectivity index (χ2n) is 8.33. The highest BCUT2D eigenvalue weighted by Crippen LogP contribution is 2.32. The fraction of sp³-hybridized carbons (Fsp3) is 0.348. The normalized spacial score (nSPS) is 19.7. The molecule has 5 rings (SSSR count). The molecule has 166 valence electrons. The average molecular weight is 453 g/mol. The van der Waals surface area contributed by atoms with E-state index in [0.29, 0.717) is 43.3 Å². The van der Waals surface area contributed by atoms with Crippen molar-refractivity contribution in [1.29, 1.82) is 0 Å². The van der Waals surface area contributed by atoms with E-state index in [-0.39, 0.29) is 16.7 Å². The van der Waals surface area contributed by atoms with Crippen molar-refractivity contribution in [3.05, 3.63) is 60.0 Å². The van der Waals surface area contributed by atoms with Crippen LogP contribution in [0.3, 0.4) is 0 Å². The molecule has 2 aromatic carbocycles. The molecular formula is C23H24N4O4S. The molecule has 0 N–H and O–H groups in total. The maximum Gasteiger partial charge on any atom is 0.243 e. The van der Waals surface area contributed by atoms with Gasteiger partial charge in [-0.3, -0.25) is 4.79 Å². The Hall–Kier alpha value is -3.04. The van der Waals surface area contributed by atoms with E-state index < -0.39 is 10.0 Å². The first kappa shape index (κ1) is 20.8. The van der Waals surface area contributed by atoms with Crippen LogP contribution in [0.15, 0.2) is 57.9 Å². The summed E-state index contributed by atoms with van der Waals surface area (Å²) in [5, 5.41) is 4.06. The summed E-state index contributed by atoms with van der Waals surface area (Å²) >= 11 is 0. The smallest absolute Gasteiger partial charge is 0.243 e. The van der Waals surface area contributed by atoms with Gasteiger partial charge in [-0.15, -0.1) is 0 Å². The van der Waals surface area contributed by atoms with Crippen LogP contribution in [0.25, 0.3) is 11.4 Å². The predicted molar refractivity (Wildman–Crippen MR) is 119 cm³/mol. The van der Waals surface area contributed by atoms with E-state index >= 15 is 0 Å². The number of sulfonamides is 1. The maximum absolute atomic E-state index is 12.7. The van der Waals surface area contributed by atoms with Crippen LogP contribution in [0.2, 0.25) is 0 Å². The second-order valence-corrected chi connectivity index (χ2v) is 10.3. The number of hydrogen-bond acceptors (Lipinski definition) is 6. The number of hydrogen-bond donors (Lipinski definition) is 0. The third-order valence-corrected chi connectivity index (χ3v) is 7.99. The lowest BCUT2D eigenvalue weighted by Crippen LogP contribution is -2.27. The highest BCUT2D eigenvalue weighted by molar-refractivity contribution is 7.89. The Morgan fingerprint density at radius 1 is 1.00 bits per heavy atom. The van der Waals surface area contributed by atoms with E-state index in [1.807, 2.05) is 31.2 Å². The molecule has 0 bridgehead atoms. The molecule has 8 nitrogen and oxygen atoms in total. The lowest BCUT2D eigenvalue weighted by Gasteiger charge is -2.16. The molecular weight excluding hydrogens is 428 g/mol. The molecule has 3 heterocycles. The molecule has 2 aliphatic rings. The zero-order chi connectivity index (χ0) is 22.3. The number of aryl methyl sites for hydroxylation is 1. The fourth-order valence-electron chi connectivity index (χ4n) is 4.22. The summed E-state index contributed by atoms with van der Waals surface area (Å²) in [5.41, 5.74) is 2.66. The number of carbonyl (C=O) groups is 1. The first-order chi connectivity index (χ1) is 15.4. The Balaban J connectivity index is 1.32. The highest BCUT2D eigenvalue weighted by atomic mass is 32.2. The minimum atomic E-state index is -3.46. The Morgan fingerprint density at radius 2 is 1.69 bits per heavy atom. The summed E-state index contributed by atoms with van der Waals surface area (Å²) in [5.74, 6) is 0.637. The van der Waals surface area contributed by atoms with Gasteiger partial charge in [0.05, 0.1) is 10.8 Å². The molecule has 1 aromatic heterocycles.